The van der Waals surface area contributed by atoms with Gasteiger partial charge in [0.2, 0.25) is 5.95 Å². The van der Waals surface area contributed by atoms with Gasteiger partial charge in [0.1, 0.15) is 28.6 Å². The summed E-state index contributed by atoms with van der Waals surface area (Å²) in [6.07, 6.45) is 7.11. The van der Waals surface area contributed by atoms with Crippen molar-refractivity contribution in [2.24, 2.45) is 5.73 Å². The number of hydrogen-bond donors (Lipinski definition) is 4. The van der Waals surface area contributed by atoms with E-state index in [2.05, 4.69) is 36.4 Å². The Balaban J connectivity index is 1.58. The number of fused-ring (bicyclic) bond motifs is 3. The number of nitrogens with one attached hydrogen (secondary N) is 2. The number of terminal acetylenes is 1. The first-order chi connectivity index (χ1) is 19.6. The monoisotopic (exact) mass is 554 g/mol. The molecule has 5 N–H and O–H groups in total. The SMILES string of the molecule is C#Cc1c(F)ccc2cc(O)cc(-c3ncc4cc5c(N6CCNCC6)nc(NCC(C)(C)N)nc5nc4c3F)c12. The molecule has 0 saturated carbocycles. The molecule has 0 spiro atoms. The normalized spacial score (nSPS) is 14.1. The predicted molar refractivity (Wildman–Crippen MR) is 157 cm³/mol. The number of phenolic OH excluding ortho intramolecular Hbond substituents is 1. The summed E-state index contributed by atoms with van der Waals surface area (Å²) in [5, 5.41) is 18.7. The number of hydrogen-bond acceptors (Lipinski definition) is 9. The van der Waals surface area contributed by atoms with E-state index in [1.54, 1.807) is 6.07 Å². The van der Waals surface area contributed by atoms with Gasteiger partial charge >= 0.3 is 0 Å². The fourth-order valence-corrected chi connectivity index (χ4v) is 5.08. The topological polar surface area (TPSA) is 125 Å². The van der Waals surface area contributed by atoms with Gasteiger partial charge in [-0.25, -0.2) is 13.8 Å². The van der Waals surface area contributed by atoms with Crippen LogP contribution in [0.25, 0.3) is 44.0 Å². The molecule has 9 nitrogen and oxygen atoms in total. The first kappa shape index (κ1) is 26.6. The van der Waals surface area contributed by atoms with Gasteiger partial charge < -0.3 is 26.4 Å². The van der Waals surface area contributed by atoms with Crippen LogP contribution in [0.1, 0.15) is 19.4 Å². The average Bonchev–Trinajstić information content (AvgIpc) is 2.95. The molecular weight excluding hydrogens is 526 g/mol. The van der Waals surface area contributed by atoms with Crippen LogP contribution in [0, 0.1) is 24.0 Å². The van der Waals surface area contributed by atoms with Crippen molar-refractivity contribution in [3.63, 3.8) is 0 Å². The number of phenols is 1. The number of piperazine rings is 1. The molecule has 1 aliphatic rings. The lowest BCUT2D eigenvalue weighted by molar-refractivity contribution is 0.476. The largest absolute Gasteiger partial charge is 0.508 e. The third-order valence-corrected chi connectivity index (χ3v) is 7.01. The lowest BCUT2D eigenvalue weighted by Crippen LogP contribution is -2.44. The van der Waals surface area contributed by atoms with Crippen LogP contribution in [0.2, 0.25) is 0 Å². The summed E-state index contributed by atoms with van der Waals surface area (Å²) in [5.41, 5.74) is 5.96. The molecular formula is C30H28F2N8O. The number of halogens is 2. The van der Waals surface area contributed by atoms with Gasteiger partial charge in [-0.2, -0.15) is 9.97 Å². The smallest absolute Gasteiger partial charge is 0.226 e. The van der Waals surface area contributed by atoms with Crippen LogP contribution in [-0.4, -0.2) is 63.3 Å². The van der Waals surface area contributed by atoms with Crippen molar-refractivity contribution in [1.82, 2.24) is 25.3 Å². The Morgan fingerprint density at radius 3 is 2.63 bits per heavy atom. The summed E-state index contributed by atoms with van der Waals surface area (Å²) >= 11 is 0. The molecule has 0 bridgehead atoms. The summed E-state index contributed by atoms with van der Waals surface area (Å²) in [5.74, 6) is 1.85. The Bertz CT molecular complexity index is 1870. The predicted octanol–water partition coefficient (Wildman–Crippen LogP) is 3.92. The van der Waals surface area contributed by atoms with E-state index in [1.165, 1.54) is 30.5 Å². The maximum absolute atomic E-state index is 16.3. The Labute approximate surface area is 234 Å². The van der Waals surface area contributed by atoms with Crippen LogP contribution in [0.4, 0.5) is 20.5 Å². The van der Waals surface area contributed by atoms with Crippen molar-refractivity contribution in [2.45, 2.75) is 19.4 Å². The molecule has 5 aromatic rings. The zero-order valence-electron chi connectivity index (χ0n) is 22.6. The van der Waals surface area contributed by atoms with E-state index in [1.807, 2.05) is 13.8 Å². The van der Waals surface area contributed by atoms with E-state index in [0.29, 0.717) is 40.1 Å². The summed E-state index contributed by atoms with van der Waals surface area (Å²) in [6.45, 7) is 7.24. The van der Waals surface area contributed by atoms with Crippen LogP contribution >= 0.6 is 0 Å². The third kappa shape index (κ3) is 4.92. The number of nitrogens with two attached hydrogens (primary N) is 1. The Kier molecular flexibility index (Phi) is 6.52. The molecule has 0 amide bonds. The lowest BCUT2D eigenvalue weighted by atomic mass is 9.95. The Morgan fingerprint density at radius 2 is 1.90 bits per heavy atom. The van der Waals surface area contributed by atoms with Gasteiger partial charge in [-0.05, 0) is 43.5 Å². The number of rotatable bonds is 5. The van der Waals surface area contributed by atoms with E-state index in [4.69, 9.17) is 17.1 Å². The van der Waals surface area contributed by atoms with Gasteiger partial charge in [0.15, 0.2) is 11.5 Å². The molecule has 3 aromatic heterocycles. The summed E-state index contributed by atoms with van der Waals surface area (Å²) in [4.78, 5) is 20.5. The fourth-order valence-electron chi connectivity index (χ4n) is 5.08. The molecule has 0 atom stereocenters. The first-order valence-corrected chi connectivity index (χ1v) is 13.2. The van der Waals surface area contributed by atoms with Gasteiger partial charge in [-0.3, -0.25) is 4.98 Å². The van der Waals surface area contributed by atoms with E-state index in [0.717, 1.165) is 26.2 Å². The number of aromatic nitrogens is 4. The molecule has 2 aromatic carbocycles. The van der Waals surface area contributed by atoms with Gasteiger partial charge in [0.25, 0.3) is 0 Å². The molecule has 41 heavy (non-hydrogen) atoms. The van der Waals surface area contributed by atoms with Crippen molar-refractivity contribution in [2.75, 3.05) is 42.9 Å². The molecule has 1 aliphatic heterocycles. The highest BCUT2D eigenvalue weighted by molar-refractivity contribution is 6.03. The zero-order chi connectivity index (χ0) is 28.9. The highest BCUT2D eigenvalue weighted by Gasteiger charge is 2.23. The number of nitrogens with zero attached hydrogens (tertiary/aromatic N) is 5. The molecule has 6 rings (SSSR count). The van der Waals surface area contributed by atoms with Gasteiger partial charge in [0, 0.05) is 60.8 Å². The van der Waals surface area contributed by atoms with Gasteiger partial charge in [-0.15, -0.1) is 6.42 Å². The number of pyridine rings is 2. The standard InChI is InChI=1S/C30H28F2N8O/c1-4-19-22(31)6-5-16-11-18(41)13-20(23(16)19)26-24(32)25-17(14-35-26)12-21-27(37-25)38-29(36-15-30(2,3)33)39-28(21)40-9-7-34-8-10-40/h1,5-6,11-14,34,41H,7-10,15,33H2,2-3H3,(H,36,37,38,39). The zero-order valence-corrected chi connectivity index (χ0v) is 22.6. The number of anilines is 2. The fraction of sp³-hybridized carbons (Fsp3) is 0.267. The molecule has 1 fully saturated rings. The average molecular weight is 555 g/mol. The number of aromatic hydroxyl groups is 1. The van der Waals surface area contributed by atoms with Crippen molar-refractivity contribution in [3.8, 4) is 29.4 Å². The van der Waals surface area contributed by atoms with Gasteiger partial charge in [0.05, 0.1) is 10.9 Å². The molecule has 208 valence electrons. The molecule has 1 saturated heterocycles. The highest BCUT2D eigenvalue weighted by Crippen LogP contribution is 2.38. The van der Waals surface area contributed by atoms with Crippen LogP contribution in [0.3, 0.4) is 0 Å². The minimum Gasteiger partial charge on any atom is -0.508 e. The van der Waals surface area contributed by atoms with E-state index in [-0.39, 0.29) is 33.5 Å². The second-order valence-corrected chi connectivity index (χ2v) is 10.8. The minimum atomic E-state index is -0.747. The van der Waals surface area contributed by atoms with Crippen molar-refractivity contribution < 1.29 is 13.9 Å². The van der Waals surface area contributed by atoms with Crippen molar-refractivity contribution in [3.05, 3.63) is 53.7 Å². The molecule has 4 heterocycles. The lowest BCUT2D eigenvalue weighted by Gasteiger charge is -2.29. The minimum absolute atomic E-state index is 0.0210. The van der Waals surface area contributed by atoms with E-state index in [9.17, 15) is 9.50 Å². The third-order valence-electron chi connectivity index (χ3n) is 7.01. The molecule has 0 radical (unpaired) electrons. The molecule has 11 heteroatoms. The Morgan fingerprint density at radius 1 is 1.12 bits per heavy atom. The van der Waals surface area contributed by atoms with Crippen LogP contribution in [0.15, 0.2) is 36.5 Å². The van der Waals surface area contributed by atoms with E-state index < -0.39 is 17.2 Å². The van der Waals surface area contributed by atoms with Crippen LogP contribution in [0.5, 0.6) is 5.75 Å². The van der Waals surface area contributed by atoms with Crippen LogP contribution in [-0.2, 0) is 0 Å². The second kappa shape index (κ2) is 10.1. The summed E-state index contributed by atoms with van der Waals surface area (Å²) in [6, 6.07) is 7.23. The summed E-state index contributed by atoms with van der Waals surface area (Å²) < 4.78 is 30.9. The van der Waals surface area contributed by atoms with Crippen molar-refractivity contribution >= 4 is 44.5 Å². The van der Waals surface area contributed by atoms with Crippen LogP contribution < -0.4 is 21.3 Å². The second-order valence-electron chi connectivity index (χ2n) is 10.8. The molecule has 0 unspecified atom stereocenters. The van der Waals surface area contributed by atoms with Gasteiger partial charge in [-0.1, -0.05) is 12.0 Å². The molecule has 0 aliphatic carbocycles. The summed E-state index contributed by atoms with van der Waals surface area (Å²) in [7, 11) is 0. The maximum atomic E-state index is 16.3. The maximum Gasteiger partial charge on any atom is 0.226 e. The Hall–Kier alpha value is -4.66. The number of benzene rings is 2. The highest BCUT2D eigenvalue weighted by atomic mass is 19.1. The van der Waals surface area contributed by atoms with E-state index >= 15 is 4.39 Å². The first-order valence-electron chi connectivity index (χ1n) is 13.2. The quantitative estimate of drug-likeness (QED) is 0.189. The van der Waals surface area contributed by atoms with Crippen molar-refractivity contribution in [1.29, 1.82) is 0 Å².